The number of nitrogens with two attached hydrogens (primary N) is 1. The number of anilines is 1. The van der Waals surface area contributed by atoms with Crippen LogP contribution < -0.4 is 10.5 Å². The van der Waals surface area contributed by atoms with Crippen LogP contribution in [0.2, 0.25) is 0 Å². The molecule has 0 heterocycles. The molecule has 3 unspecified atom stereocenters. The molecule has 3 aromatic rings. The molecular weight excluding hydrogens is 338 g/mol. The lowest BCUT2D eigenvalue weighted by atomic mass is 9.79. The molecule has 0 aromatic heterocycles. The minimum atomic E-state index is -0.797. The molecule has 27 heavy (non-hydrogen) atoms. The Kier molecular flexibility index (Phi) is 4.32. The standard InChI is InChI=1S/C23H21NO3/c1-27-17-12-8-15(9-13-17)21-19-5-3-2-4-18(19)20(22(21)23(25)26)14-6-10-16(24)11-7-14/h2-13,20-22H,24H2,1H3,(H,25,26). The molecule has 136 valence electrons. The minimum Gasteiger partial charge on any atom is -0.497 e. The third-order valence-corrected chi connectivity index (χ3v) is 5.44. The van der Waals surface area contributed by atoms with E-state index in [1.807, 2.05) is 72.8 Å². The van der Waals surface area contributed by atoms with Crippen molar-refractivity contribution in [1.82, 2.24) is 0 Å². The second-order valence-electron chi connectivity index (χ2n) is 6.89. The maximum Gasteiger partial charge on any atom is 0.308 e. The van der Waals surface area contributed by atoms with Gasteiger partial charge in [0, 0.05) is 17.5 Å². The minimum absolute atomic E-state index is 0.216. The van der Waals surface area contributed by atoms with E-state index in [1.165, 1.54) is 0 Å². The molecule has 3 N–H and O–H groups in total. The van der Waals surface area contributed by atoms with Crippen LogP contribution in [-0.4, -0.2) is 18.2 Å². The molecule has 0 fully saturated rings. The number of ether oxygens (including phenoxy) is 1. The Bertz CT molecular complexity index is 964. The summed E-state index contributed by atoms with van der Waals surface area (Å²) in [5, 5.41) is 10.2. The van der Waals surface area contributed by atoms with Crippen LogP contribution in [-0.2, 0) is 4.79 Å². The summed E-state index contributed by atoms with van der Waals surface area (Å²) in [5.41, 5.74) is 10.6. The van der Waals surface area contributed by atoms with Crippen molar-refractivity contribution in [2.45, 2.75) is 11.8 Å². The lowest BCUT2D eigenvalue weighted by Gasteiger charge is -2.23. The van der Waals surface area contributed by atoms with Gasteiger partial charge in [-0.2, -0.15) is 0 Å². The Labute approximate surface area is 158 Å². The quantitative estimate of drug-likeness (QED) is 0.683. The molecule has 3 atom stereocenters. The maximum atomic E-state index is 12.4. The molecule has 0 spiro atoms. The third kappa shape index (κ3) is 2.93. The van der Waals surface area contributed by atoms with E-state index >= 15 is 0 Å². The van der Waals surface area contributed by atoms with Crippen molar-refractivity contribution in [3.05, 3.63) is 95.1 Å². The van der Waals surface area contributed by atoms with Crippen molar-refractivity contribution in [3.8, 4) is 5.75 Å². The van der Waals surface area contributed by atoms with Crippen molar-refractivity contribution in [2.24, 2.45) is 5.92 Å². The molecule has 0 saturated heterocycles. The van der Waals surface area contributed by atoms with Gasteiger partial charge in [0.2, 0.25) is 0 Å². The Hall–Kier alpha value is -3.27. The van der Waals surface area contributed by atoms with E-state index in [1.54, 1.807) is 7.11 Å². The fourth-order valence-electron chi connectivity index (χ4n) is 4.23. The molecule has 0 bridgehead atoms. The first-order chi connectivity index (χ1) is 13.1. The van der Waals surface area contributed by atoms with Gasteiger partial charge >= 0.3 is 5.97 Å². The predicted molar refractivity (Wildman–Crippen MR) is 105 cm³/mol. The molecular formula is C23H21NO3. The van der Waals surface area contributed by atoms with Crippen LogP contribution in [0.3, 0.4) is 0 Å². The summed E-state index contributed by atoms with van der Waals surface area (Å²) < 4.78 is 5.25. The molecule has 1 aliphatic rings. The summed E-state index contributed by atoms with van der Waals surface area (Å²) in [6.07, 6.45) is 0. The summed E-state index contributed by atoms with van der Waals surface area (Å²) in [4.78, 5) is 12.4. The summed E-state index contributed by atoms with van der Waals surface area (Å²) in [5.74, 6) is -1.06. The average molecular weight is 359 g/mol. The fourth-order valence-corrected chi connectivity index (χ4v) is 4.23. The second kappa shape index (κ2) is 6.80. The molecule has 0 amide bonds. The molecule has 4 heteroatoms. The van der Waals surface area contributed by atoms with Crippen LogP contribution in [0.5, 0.6) is 5.75 Å². The zero-order valence-corrected chi connectivity index (χ0v) is 15.0. The lowest BCUT2D eigenvalue weighted by molar-refractivity contribution is -0.142. The van der Waals surface area contributed by atoms with Crippen LogP contribution in [0.1, 0.15) is 34.1 Å². The number of hydrogen-bond donors (Lipinski definition) is 2. The van der Waals surface area contributed by atoms with Gasteiger partial charge < -0.3 is 15.6 Å². The average Bonchev–Trinajstić information content (AvgIpc) is 3.04. The highest BCUT2D eigenvalue weighted by molar-refractivity contribution is 5.77. The van der Waals surface area contributed by atoms with Crippen molar-refractivity contribution in [2.75, 3.05) is 12.8 Å². The van der Waals surface area contributed by atoms with Crippen LogP contribution in [0.25, 0.3) is 0 Å². The molecule has 1 aliphatic carbocycles. The SMILES string of the molecule is COc1ccc(C2c3ccccc3C(c3ccc(N)cc3)C2C(=O)O)cc1. The first-order valence-corrected chi connectivity index (χ1v) is 8.91. The number of aliphatic carboxylic acids is 1. The number of carboxylic acids is 1. The number of carbonyl (C=O) groups is 1. The third-order valence-electron chi connectivity index (χ3n) is 5.44. The highest BCUT2D eigenvalue weighted by Crippen LogP contribution is 2.52. The van der Waals surface area contributed by atoms with Crippen molar-refractivity contribution in [3.63, 3.8) is 0 Å². The van der Waals surface area contributed by atoms with Gasteiger partial charge in [-0.3, -0.25) is 4.79 Å². The maximum absolute atomic E-state index is 12.4. The smallest absolute Gasteiger partial charge is 0.308 e. The zero-order valence-electron chi connectivity index (χ0n) is 15.0. The first kappa shape index (κ1) is 17.2. The van der Waals surface area contributed by atoms with E-state index in [0.717, 1.165) is 28.0 Å². The van der Waals surface area contributed by atoms with E-state index in [2.05, 4.69) is 0 Å². The topological polar surface area (TPSA) is 72.5 Å². The summed E-state index contributed by atoms with van der Waals surface area (Å²) in [7, 11) is 1.62. The molecule has 0 radical (unpaired) electrons. The predicted octanol–water partition coefficient (Wildman–Crippen LogP) is 4.26. The Balaban J connectivity index is 1.88. The largest absolute Gasteiger partial charge is 0.497 e. The van der Waals surface area contributed by atoms with Gasteiger partial charge in [0.15, 0.2) is 0 Å². The monoisotopic (exact) mass is 359 g/mol. The van der Waals surface area contributed by atoms with E-state index in [4.69, 9.17) is 10.5 Å². The first-order valence-electron chi connectivity index (χ1n) is 8.91. The highest BCUT2D eigenvalue weighted by atomic mass is 16.5. The number of methoxy groups -OCH3 is 1. The van der Waals surface area contributed by atoms with Crippen LogP contribution in [0, 0.1) is 5.92 Å². The van der Waals surface area contributed by atoms with E-state index in [0.29, 0.717) is 5.69 Å². The number of carboxylic acid groups (broad SMARTS) is 1. The molecule has 0 saturated carbocycles. The summed E-state index contributed by atoms with van der Waals surface area (Å²) >= 11 is 0. The van der Waals surface area contributed by atoms with E-state index in [9.17, 15) is 9.90 Å². The van der Waals surface area contributed by atoms with Crippen molar-refractivity contribution < 1.29 is 14.6 Å². The number of rotatable bonds is 4. The summed E-state index contributed by atoms with van der Waals surface area (Å²) in [6.45, 7) is 0. The van der Waals surface area contributed by atoms with Crippen molar-refractivity contribution in [1.29, 1.82) is 0 Å². The van der Waals surface area contributed by atoms with Crippen LogP contribution in [0.15, 0.2) is 72.8 Å². The van der Waals surface area contributed by atoms with Crippen LogP contribution in [0.4, 0.5) is 5.69 Å². The number of hydrogen-bond acceptors (Lipinski definition) is 3. The van der Waals surface area contributed by atoms with Gasteiger partial charge in [0.1, 0.15) is 5.75 Å². The van der Waals surface area contributed by atoms with Crippen molar-refractivity contribution >= 4 is 11.7 Å². The van der Waals surface area contributed by atoms with E-state index in [-0.39, 0.29) is 11.8 Å². The Morgan fingerprint density at radius 1 is 0.852 bits per heavy atom. The molecule has 0 aliphatic heterocycles. The second-order valence-corrected chi connectivity index (χ2v) is 6.89. The van der Waals surface area contributed by atoms with Gasteiger partial charge in [0.25, 0.3) is 0 Å². The van der Waals surface area contributed by atoms with Crippen LogP contribution >= 0.6 is 0 Å². The van der Waals surface area contributed by atoms with Gasteiger partial charge in [-0.1, -0.05) is 48.5 Å². The highest BCUT2D eigenvalue weighted by Gasteiger charge is 2.46. The molecule has 4 rings (SSSR count). The number of fused-ring (bicyclic) bond motifs is 1. The normalized spacial score (nSPS) is 20.9. The molecule has 4 nitrogen and oxygen atoms in total. The Morgan fingerprint density at radius 2 is 1.33 bits per heavy atom. The Morgan fingerprint density at radius 3 is 1.78 bits per heavy atom. The van der Waals surface area contributed by atoms with Gasteiger partial charge in [-0.15, -0.1) is 0 Å². The van der Waals surface area contributed by atoms with Gasteiger partial charge in [-0.25, -0.2) is 0 Å². The van der Waals surface area contributed by atoms with Gasteiger partial charge in [0.05, 0.1) is 13.0 Å². The lowest BCUT2D eigenvalue weighted by Crippen LogP contribution is -2.23. The number of nitrogen functional groups attached to an aromatic ring is 1. The molecule has 3 aromatic carbocycles. The summed E-state index contributed by atoms with van der Waals surface area (Å²) in [6, 6.07) is 23.2. The fraction of sp³-hybridized carbons (Fsp3) is 0.174. The zero-order chi connectivity index (χ0) is 19.0. The van der Waals surface area contributed by atoms with Gasteiger partial charge in [-0.05, 0) is 46.5 Å². The van der Waals surface area contributed by atoms with E-state index < -0.39 is 11.9 Å². The number of benzene rings is 3.